The van der Waals surface area contributed by atoms with E-state index in [0.29, 0.717) is 0 Å². The summed E-state index contributed by atoms with van der Waals surface area (Å²) < 4.78 is 27.8. The van der Waals surface area contributed by atoms with E-state index in [2.05, 4.69) is 15.9 Å². The molecule has 2 aliphatic heterocycles. The summed E-state index contributed by atoms with van der Waals surface area (Å²) >= 11 is 3.23. The van der Waals surface area contributed by atoms with E-state index in [1.54, 1.807) is 24.3 Å². The minimum atomic E-state index is -3.93. The third kappa shape index (κ3) is 2.30. The summed E-state index contributed by atoms with van der Waals surface area (Å²) in [6.07, 6.45) is -1.13. The number of aliphatic hydroxyl groups is 1. The van der Waals surface area contributed by atoms with Crippen molar-refractivity contribution in [3.63, 3.8) is 0 Å². The number of nitrogens with zero attached hydrogens (tertiary/aromatic N) is 1. The normalized spacial score (nSPS) is 32.5. The first-order valence-corrected chi connectivity index (χ1v) is 10.5. The summed E-state index contributed by atoms with van der Waals surface area (Å²) in [6, 6.07) is 8.94. The molecule has 2 heterocycles. The van der Waals surface area contributed by atoms with E-state index in [1.165, 1.54) is 20.8 Å². The first-order chi connectivity index (χ1) is 12.0. The number of sulfone groups is 1. The molecule has 0 aliphatic carbocycles. The maximum absolute atomic E-state index is 13.0. The zero-order valence-electron chi connectivity index (χ0n) is 14.5. The largest absolute Gasteiger partial charge is 0.458 e. The van der Waals surface area contributed by atoms with Gasteiger partial charge in [0.25, 0.3) is 0 Å². The number of esters is 1. The molecule has 7 nitrogen and oxygen atoms in total. The summed E-state index contributed by atoms with van der Waals surface area (Å²) in [5, 5.41) is 8.55. The molecular formula is C17H20BrNO6S. The molecule has 2 aliphatic rings. The Balaban J connectivity index is 1.94. The van der Waals surface area contributed by atoms with Crippen LogP contribution in [0.4, 0.5) is 0 Å². The zero-order chi connectivity index (χ0) is 19.5. The van der Waals surface area contributed by atoms with Crippen LogP contribution in [0.25, 0.3) is 0 Å². The Morgan fingerprint density at radius 2 is 1.92 bits per heavy atom. The quantitative estimate of drug-likeness (QED) is 0.323. The van der Waals surface area contributed by atoms with Gasteiger partial charge in [-0.3, -0.25) is 9.69 Å². The molecule has 0 spiro atoms. The van der Waals surface area contributed by atoms with Gasteiger partial charge in [-0.2, -0.15) is 0 Å². The summed E-state index contributed by atoms with van der Waals surface area (Å²) in [5.41, 5.74) is 0.740. The molecule has 2 saturated heterocycles. The van der Waals surface area contributed by atoms with Crippen molar-refractivity contribution in [2.24, 2.45) is 5.92 Å². The Kier molecular flexibility index (Phi) is 4.48. The second-order valence-corrected chi connectivity index (χ2v) is 10.8. The Bertz CT molecular complexity index is 853. The van der Waals surface area contributed by atoms with E-state index < -0.39 is 48.3 Å². The van der Waals surface area contributed by atoms with Gasteiger partial charge >= 0.3 is 5.97 Å². The van der Waals surface area contributed by atoms with Crippen molar-refractivity contribution in [2.45, 2.75) is 48.1 Å². The molecule has 4 atom stereocenters. The topological polar surface area (TPSA) is 101 Å². The van der Waals surface area contributed by atoms with Crippen LogP contribution in [0.2, 0.25) is 0 Å². The Morgan fingerprint density at radius 1 is 1.35 bits per heavy atom. The highest BCUT2D eigenvalue weighted by Crippen LogP contribution is 2.58. The van der Waals surface area contributed by atoms with Crippen LogP contribution in [0.3, 0.4) is 0 Å². The lowest BCUT2D eigenvalue weighted by Crippen LogP contribution is -2.69. The fraction of sp³-hybridized carbons (Fsp3) is 0.529. The van der Waals surface area contributed by atoms with Gasteiger partial charge in [0, 0.05) is 0 Å². The fourth-order valence-electron chi connectivity index (χ4n) is 3.53. The molecule has 0 bridgehead atoms. The number of hydrogen-bond donors (Lipinski definition) is 1. The molecule has 2 fully saturated rings. The molecule has 1 aromatic carbocycles. The number of alkyl halides is 1. The number of β-lactam (4-membered cyclic amide) rings is 1. The average Bonchev–Trinajstić information content (AvgIpc) is 2.66. The highest BCUT2D eigenvalue weighted by Gasteiger charge is 2.80. The minimum Gasteiger partial charge on any atom is -0.458 e. The smallest absolute Gasteiger partial charge is 0.345 e. The average molecular weight is 446 g/mol. The number of carbonyl (C=O) groups excluding carboxylic acids is 2. The van der Waals surface area contributed by atoms with Gasteiger partial charge in [0.1, 0.15) is 11.4 Å². The lowest BCUT2D eigenvalue weighted by atomic mass is 9.88. The van der Waals surface area contributed by atoms with Crippen molar-refractivity contribution in [1.29, 1.82) is 0 Å². The predicted molar refractivity (Wildman–Crippen MR) is 96.7 cm³/mol. The molecule has 26 heavy (non-hydrogen) atoms. The van der Waals surface area contributed by atoms with Crippen LogP contribution in [0.15, 0.2) is 30.3 Å². The van der Waals surface area contributed by atoms with Crippen molar-refractivity contribution in [2.75, 3.05) is 0 Å². The molecule has 9 heteroatoms. The first kappa shape index (κ1) is 19.3. The summed E-state index contributed by atoms with van der Waals surface area (Å²) in [4.78, 5) is 26.4. The summed E-state index contributed by atoms with van der Waals surface area (Å²) in [5.74, 6) is -2.52. The van der Waals surface area contributed by atoms with Gasteiger partial charge in [0.05, 0.1) is 12.0 Å². The van der Waals surface area contributed by atoms with Crippen molar-refractivity contribution >= 4 is 37.6 Å². The second kappa shape index (κ2) is 6.03. The third-order valence-electron chi connectivity index (χ3n) is 5.25. The zero-order valence-corrected chi connectivity index (χ0v) is 17.0. The van der Waals surface area contributed by atoms with Gasteiger partial charge in [-0.25, -0.2) is 13.2 Å². The molecule has 0 aromatic heterocycles. The van der Waals surface area contributed by atoms with E-state index in [-0.39, 0.29) is 6.61 Å². The third-order valence-corrected chi connectivity index (χ3v) is 10.1. The Hall–Kier alpha value is -1.45. The van der Waals surface area contributed by atoms with Crippen LogP contribution in [0, 0.1) is 5.92 Å². The van der Waals surface area contributed by atoms with Gasteiger partial charge in [0.15, 0.2) is 15.2 Å². The number of fused-ring (bicyclic) bond motifs is 1. The molecule has 0 saturated carbocycles. The number of hydrogen-bond acceptors (Lipinski definition) is 6. The van der Waals surface area contributed by atoms with Crippen LogP contribution in [0.1, 0.15) is 26.3 Å². The molecule has 1 amide bonds. The molecule has 0 unspecified atom stereocenters. The maximum Gasteiger partial charge on any atom is 0.345 e. The molecule has 1 aromatic rings. The van der Waals surface area contributed by atoms with Crippen LogP contribution >= 0.6 is 15.9 Å². The van der Waals surface area contributed by atoms with E-state index >= 15 is 0 Å². The van der Waals surface area contributed by atoms with Crippen LogP contribution in [-0.2, 0) is 30.8 Å². The number of aliphatic hydroxyl groups excluding tert-OH is 1. The van der Waals surface area contributed by atoms with Crippen molar-refractivity contribution in [3.05, 3.63) is 35.9 Å². The van der Waals surface area contributed by atoms with Crippen molar-refractivity contribution in [3.8, 4) is 0 Å². The monoisotopic (exact) mass is 445 g/mol. The Morgan fingerprint density at radius 3 is 2.46 bits per heavy atom. The molecule has 1 N–H and O–H groups in total. The highest BCUT2D eigenvalue weighted by molar-refractivity contribution is 9.10. The number of amides is 1. The van der Waals surface area contributed by atoms with Crippen molar-refractivity contribution in [1.82, 2.24) is 4.90 Å². The molecular weight excluding hydrogens is 426 g/mol. The lowest BCUT2D eigenvalue weighted by Gasteiger charge is -2.47. The molecule has 0 radical (unpaired) electrons. The predicted octanol–water partition coefficient (Wildman–Crippen LogP) is 1.19. The molecule has 3 rings (SSSR count). The SMILES string of the molecule is C[C@@H](O)[C@@H]1C(=O)N2[C@@H]1S(=O)(=O)C(C)(C)[C@]2(Br)C(=O)OCc1ccccc1. The number of rotatable bonds is 4. The van der Waals surface area contributed by atoms with Gasteiger partial charge in [-0.15, -0.1) is 0 Å². The van der Waals surface area contributed by atoms with Crippen LogP contribution < -0.4 is 0 Å². The lowest BCUT2D eigenvalue weighted by molar-refractivity contribution is -0.174. The van der Waals surface area contributed by atoms with E-state index in [0.717, 1.165) is 10.5 Å². The second-order valence-electron chi connectivity index (χ2n) is 7.10. The fourth-order valence-corrected chi connectivity index (χ4v) is 7.29. The number of benzene rings is 1. The summed E-state index contributed by atoms with van der Waals surface area (Å²) in [6.45, 7) is 4.08. The number of carbonyl (C=O) groups is 2. The highest BCUT2D eigenvalue weighted by atomic mass is 79.9. The summed E-state index contributed by atoms with van der Waals surface area (Å²) in [7, 11) is -3.93. The maximum atomic E-state index is 13.0. The number of halogens is 1. The van der Waals surface area contributed by atoms with Crippen LogP contribution in [0.5, 0.6) is 0 Å². The van der Waals surface area contributed by atoms with E-state index in [9.17, 15) is 23.1 Å². The van der Waals surface area contributed by atoms with Crippen LogP contribution in [-0.4, -0.2) is 51.0 Å². The standard InChI is InChI=1S/C17H20BrNO6S/c1-10(20)12-13(21)19-14(12)26(23,24)16(2,3)17(19,18)15(22)25-9-11-7-5-4-6-8-11/h4-8,10,12,14,20H,9H2,1-3H3/t10-,12-,14-,17+/m1/s1. The van der Waals surface area contributed by atoms with Gasteiger partial charge in [0.2, 0.25) is 10.4 Å². The van der Waals surface area contributed by atoms with Gasteiger partial charge in [-0.05, 0) is 42.3 Å². The van der Waals surface area contributed by atoms with Gasteiger partial charge in [-0.1, -0.05) is 30.3 Å². The number of ether oxygens (including phenoxy) is 1. The van der Waals surface area contributed by atoms with Crippen molar-refractivity contribution < 1.29 is 27.9 Å². The minimum absolute atomic E-state index is 0.0460. The Labute approximate surface area is 160 Å². The first-order valence-electron chi connectivity index (χ1n) is 8.12. The van der Waals surface area contributed by atoms with E-state index in [1.807, 2.05) is 6.07 Å². The van der Waals surface area contributed by atoms with Gasteiger partial charge < -0.3 is 9.84 Å². The van der Waals surface area contributed by atoms with E-state index in [4.69, 9.17) is 4.74 Å². The molecule has 142 valence electrons.